The van der Waals surface area contributed by atoms with Crippen LogP contribution < -0.4 is 5.69 Å². The minimum absolute atomic E-state index is 0.127. The van der Waals surface area contributed by atoms with Gasteiger partial charge in [0.25, 0.3) is 0 Å². The minimum Gasteiger partial charge on any atom is -0.396 e. The fourth-order valence-corrected chi connectivity index (χ4v) is 3.77. The van der Waals surface area contributed by atoms with E-state index in [9.17, 15) is 14.7 Å². The lowest BCUT2D eigenvalue weighted by molar-refractivity contribution is -0.134. The first-order chi connectivity index (χ1) is 12.3. The Labute approximate surface area is 155 Å². The molecule has 26 heavy (non-hydrogen) atoms. The molecule has 2 heterocycles. The number of H-pyrrole nitrogens is 1. The number of aromatic amines is 1. The van der Waals surface area contributed by atoms with Crippen LogP contribution in [0.3, 0.4) is 0 Å². The number of piperazine rings is 1. The standard InChI is InChI=1S/C19H32N4O3/c1-13(2)11-22-8-9-23(12-16(22)7-10-24)18(25)6-5-17-14(3)20-19(26)21-15(17)4/h13,16,24H,5-12H2,1-4H3,(H,20,21,26). The van der Waals surface area contributed by atoms with Crippen molar-refractivity contribution in [2.45, 2.75) is 53.0 Å². The lowest BCUT2D eigenvalue weighted by Crippen LogP contribution is -2.55. The summed E-state index contributed by atoms with van der Waals surface area (Å²) in [5.41, 5.74) is 2.08. The molecule has 7 heteroatoms. The van der Waals surface area contributed by atoms with Gasteiger partial charge in [0.15, 0.2) is 0 Å². The van der Waals surface area contributed by atoms with E-state index in [0.29, 0.717) is 37.4 Å². The van der Waals surface area contributed by atoms with E-state index in [0.717, 1.165) is 30.9 Å². The van der Waals surface area contributed by atoms with Crippen molar-refractivity contribution in [3.05, 3.63) is 27.4 Å². The predicted molar refractivity (Wildman–Crippen MR) is 101 cm³/mol. The summed E-state index contributed by atoms with van der Waals surface area (Å²) in [6, 6.07) is 0.221. The first-order valence-corrected chi connectivity index (χ1v) is 9.50. The van der Waals surface area contributed by atoms with Gasteiger partial charge >= 0.3 is 5.69 Å². The first-order valence-electron chi connectivity index (χ1n) is 9.50. The highest BCUT2D eigenvalue weighted by Crippen LogP contribution is 2.17. The van der Waals surface area contributed by atoms with Crippen molar-refractivity contribution < 1.29 is 9.90 Å². The average Bonchev–Trinajstić information content (AvgIpc) is 2.55. The van der Waals surface area contributed by atoms with Crippen LogP contribution in [0.25, 0.3) is 0 Å². The largest absolute Gasteiger partial charge is 0.396 e. The van der Waals surface area contributed by atoms with Gasteiger partial charge < -0.3 is 15.0 Å². The summed E-state index contributed by atoms with van der Waals surface area (Å²) in [7, 11) is 0. The third-order valence-electron chi connectivity index (χ3n) is 5.06. The maximum atomic E-state index is 12.7. The molecule has 0 radical (unpaired) electrons. The summed E-state index contributed by atoms with van der Waals surface area (Å²) in [6.45, 7) is 11.4. The summed E-state index contributed by atoms with van der Waals surface area (Å²) in [5.74, 6) is 0.694. The van der Waals surface area contributed by atoms with Crippen LogP contribution in [-0.2, 0) is 11.2 Å². The third kappa shape index (κ3) is 5.38. The molecule has 2 rings (SSSR count). The molecular formula is C19H32N4O3. The minimum atomic E-state index is -0.344. The second-order valence-corrected chi connectivity index (χ2v) is 7.63. The molecule has 0 bridgehead atoms. The van der Waals surface area contributed by atoms with Gasteiger partial charge in [-0.25, -0.2) is 4.79 Å². The van der Waals surface area contributed by atoms with Gasteiger partial charge in [-0.05, 0) is 38.2 Å². The van der Waals surface area contributed by atoms with Crippen LogP contribution in [0, 0.1) is 19.8 Å². The number of hydrogen-bond donors (Lipinski definition) is 2. The Kier molecular flexibility index (Phi) is 7.34. The second kappa shape index (κ2) is 9.28. The number of amides is 1. The summed E-state index contributed by atoms with van der Waals surface area (Å²) in [6.07, 6.45) is 1.68. The number of aliphatic hydroxyl groups is 1. The van der Waals surface area contributed by atoms with Gasteiger partial charge in [-0.3, -0.25) is 9.69 Å². The highest BCUT2D eigenvalue weighted by Gasteiger charge is 2.29. The average molecular weight is 364 g/mol. The number of hydrogen-bond acceptors (Lipinski definition) is 5. The molecule has 1 fully saturated rings. The number of carbonyl (C=O) groups excluding carboxylic acids is 1. The summed E-state index contributed by atoms with van der Waals surface area (Å²) < 4.78 is 0. The van der Waals surface area contributed by atoms with Gasteiger partial charge in [0, 0.05) is 56.6 Å². The quantitative estimate of drug-likeness (QED) is 0.749. The molecule has 1 aromatic rings. The van der Waals surface area contributed by atoms with Crippen molar-refractivity contribution >= 4 is 5.91 Å². The van der Waals surface area contributed by atoms with Gasteiger partial charge in [-0.2, -0.15) is 4.98 Å². The van der Waals surface area contributed by atoms with Crippen molar-refractivity contribution in [1.29, 1.82) is 0 Å². The molecule has 1 aliphatic heterocycles. The first kappa shape index (κ1) is 20.6. The zero-order valence-electron chi connectivity index (χ0n) is 16.4. The van der Waals surface area contributed by atoms with Crippen LogP contribution >= 0.6 is 0 Å². The molecule has 1 aliphatic rings. The predicted octanol–water partition coefficient (Wildman–Crippen LogP) is 0.871. The molecule has 1 amide bonds. The Morgan fingerprint density at radius 2 is 2.08 bits per heavy atom. The maximum Gasteiger partial charge on any atom is 0.345 e. The monoisotopic (exact) mass is 364 g/mol. The van der Waals surface area contributed by atoms with Crippen molar-refractivity contribution in [3.63, 3.8) is 0 Å². The number of aromatic nitrogens is 2. The fourth-order valence-electron chi connectivity index (χ4n) is 3.77. The van der Waals surface area contributed by atoms with Crippen molar-refractivity contribution in [2.75, 3.05) is 32.8 Å². The molecule has 0 aromatic carbocycles. The SMILES string of the molecule is Cc1nc(=O)[nH]c(C)c1CCC(=O)N1CCN(CC(C)C)C(CCO)C1. The van der Waals surface area contributed by atoms with Crippen molar-refractivity contribution in [1.82, 2.24) is 19.8 Å². The zero-order valence-corrected chi connectivity index (χ0v) is 16.4. The Morgan fingerprint density at radius 1 is 1.35 bits per heavy atom. The Morgan fingerprint density at radius 3 is 2.69 bits per heavy atom. The topological polar surface area (TPSA) is 89.5 Å². The number of nitrogens with zero attached hydrogens (tertiary/aromatic N) is 3. The normalized spacial score (nSPS) is 18.5. The molecule has 0 aliphatic carbocycles. The van der Waals surface area contributed by atoms with E-state index < -0.39 is 0 Å². The van der Waals surface area contributed by atoms with E-state index in [-0.39, 0.29) is 24.2 Å². The molecule has 7 nitrogen and oxygen atoms in total. The van der Waals surface area contributed by atoms with E-state index in [4.69, 9.17) is 0 Å². The number of rotatable bonds is 7. The van der Waals surface area contributed by atoms with E-state index in [1.165, 1.54) is 0 Å². The summed E-state index contributed by atoms with van der Waals surface area (Å²) in [5, 5.41) is 9.36. The lowest BCUT2D eigenvalue weighted by atomic mass is 10.0. The second-order valence-electron chi connectivity index (χ2n) is 7.63. The van der Waals surface area contributed by atoms with Crippen LogP contribution in [0.5, 0.6) is 0 Å². The van der Waals surface area contributed by atoms with E-state index in [1.807, 2.05) is 18.7 Å². The highest BCUT2D eigenvalue weighted by molar-refractivity contribution is 5.76. The third-order valence-corrected chi connectivity index (χ3v) is 5.06. The van der Waals surface area contributed by atoms with E-state index in [2.05, 4.69) is 28.7 Å². The van der Waals surface area contributed by atoms with Crippen LogP contribution in [0.2, 0.25) is 0 Å². The molecule has 2 N–H and O–H groups in total. The molecule has 1 aromatic heterocycles. The Bertz CT molecular complexity index is 645. The highest BCUT2D eigenvalue weighted by atomic mass is 16.3. The zero-order chi connectivity index (χ0) is 19.3. The molecule has 1 saturated heterocycles. The van der Waals surface area contributed by atoms with Crippen LogP contribution in [0.15, 0.2) is 4.79 Å². The van der Waals surface area contributed by atoms with Gasteiger partial charge in [-0.1, -0.05) is 13.8 Å². The van der Waals surface area contributed by atoms with E-state index >= 15 is 0 Å². The smallest absolute Gasteiger partial charge is 0.345 e. The molecule has 1 unspecified atom stereocenters. The molecular weight excluding hydrogens is 332 g/mol. The van der Waals surface area contributed by atoms with Gasteiger partial charge in [-0.15, -0.1) is 0 Å². The van der Waals surface area contributed by atoms with E-state index in [1.54, 1.807) is 0 Å². The van der Waals surface area contributed by atoms with Gasteiger partial charge in [0.05, 0.1) is 0 Å². The molecule has 0 saturated carbocycles. The fraction of sp³-hybridized carbons (Fsp3) is 0.737. The van der Waals surface area contributed by atoms with Gasteiger partial charge in [0.1, 0.15) is 0 Å². The summed E-state index contributed by atoms with van der Waals surface area (Å²) >= 11 is 0. The Hall–Kier alpha value is -1.73. The molecule has 1 atom stereocenters. The maximum absolute atomic E-state index is 12.7. The number of aryl methyl sites for hydroxylation is 2. The van der Waals surface area contributed by atoms with Crippen molar-refractivity contribution in [2.24, 2.45) is 5.92 Å². The number of nitrogens with one attached hydrogen (secondary N) is 1. The summed E-state index contributed by atoms with van der Waals surface area (Å²) in [4.78, 5) is 35.0. The van der Waals surface area contributed by atoms with Crippen LogP contribution in [0.1, 0.15) is 43.6 Å². The number of carbonyl (C=O) groups is 1. The molecule has 146 valence electrons. The number of aliphatic hydroxyl groups excluding tert-OH is 1. The van der Waals surface area contributed by atoms with Gasteiger partial charge in [0.2, 0.25) is 5.91 Å². The lowest BCUT2D eigenvalue weighted by Gasteiger charge is -2.42. The van der Waals surface area contributed by atoms with Crippen molar-refractivity contribution in [3.8, 4) is 0 Å². The van der Waals surface area contributed by atoms with Crippen LogP contribution in [0.4, 0.5) is 0 Å². The molecule has 0 spiro atoms. The Balaban J connectivity index is 1.96. The van der Waals surface area contributed by atoms with Crippen LogP contribution in [-0.4, -0.2) is 69.6 Å².